The maximum Gasteiger partial charge on any atom is 0.343 e. The summed E-state index contributed by atoms with van der Waals surface area (Å²) < 4.78 is 16.3. The van der Waals surface area contributed by atoms with Crippen LogP contribution < -0.4 is 14.9 Å². The minimum absolute atomic E-state index is 0.0581. The number of fused-ring (bicyclic) bond motifs is 1. The highest BCUT2D eigenvalue weighted by atomic mass is 35.5. The third kappa shape index (κ3) is 5.14. The van der Waals surface area contributed by atoms with Gasteiger partial charge in [0.05, 0.1) is 35.8 Å². The topological polar surface area (TPSA) is 155 Å². The molecule has 0 amide bonds. The molecule has 3 aromatic carbocycles. The molecule has 0 bridgehead atoms. The molecule has 4 rings (SSSR count). The molecule has 1 aliphatic heterocycles. The Kier molecular flexibility index (Phi) is 7.20. The normalized spacial score (nSPS) is 14.5. The molecule has 1 heterocycles. The number of nitrogens with one attached hydrogen (secondary N) is 1. The monoisotopic (exact) mass is 526 g/mol. The Morgan fingerprint density at radius 3 is 2.41 bits per heavy atom. The molecule has 3 aromatic rings. The minimum atomic E-state index is -0.749. The zero-order chi connectivity index (χ0) is 26.7. The number of carbonyl (C=O) groups excluding carboxylic acids is 1. The van der Waals surface area contributed by atoms with Gasteiger partial charge < -0.3 is 14.2 Å². The second-order valence-electron chi connectivity index (χ2n) is 7.76. The maximum absolute atomic E-state index is 12.7. The van der Waals surface area contributed by atoms with Gasteiger partial charge in [0.15, 0.2) is 11.5 Å². The first-order chi connectivity index (χ1) is 17.7. The van der Waals surface area contributed by atoms with E-state index >= 15 is 0 Å². The van der Waals surface area contributed by atoms with Crippen molar-refractivity contribution in [2.75, 3.05) is 19.6 Å². The molecular weight excluding hydrogens is 508 g/mol. The standard InChI is InChI=1S/C24H19ClN4O8/c1-35-20-10-8-16-21(37-24(30)22(16)23(20)36-2)12-18(13-3-5-14(25)6-4-13)27-26-17-9-7-15(28(31)32)11-19(17)29(33)34/h3-11,21,26H,12H2,1-2H3/b27-18-. The number of non-ortho nitro benzene ring substituents is 1. The largest absolute Gasteiger partial charge is 0.493 e. The van der Waals surface area contributed by atoms with Crippen molar-refractivity contribution < 1.29 is 28.9 Å². The first-order valence-electron chi connectivity index (χ1n) is 10.7. The SMILES string of the molecule is COc1ccc2c(c1OC)C(=O)OC2C/C(=N/Nc1ccc([N+](=O)[O-])cc1[N+](=O)[O-])c1ccc(Cl)cc1. The zero-order valence-electron chi connectivity index (χ0n) is 19.5. The van der Waals surface area contributed by atoms with Gasteiger partial charge >= 0.3 is 11.7 Å². The summed E-state index contributed by atoms with van der Waals surface area (Å²) in [6.45, 7) is 0. The van der Waals surface area contributed by atoms with Crippen LogP contribution in [0.2, 0.25) is 5.02 Å². The molecule has 0 radical (unpaired) electrons. The van der Waals surface area contributed by atoms with E-state index in [4.69, 9.17) is 25.8 Å². The lowest BCUT2D eigenvalue weighted by molar-refractivity contribution is -0.393. The molecule has 0 spiro atoms. The smallest absolute Gasteiger partial charge is 0.343 e. The molecule has 0 saturated carbocycles. The van der Waals surface area contributed by atoms with E-state index in [0.717, 1.165) is 12.1 Å². The fraction of sp³-hybridized carbons (Fsp3) is 0.167. The molecule has 1 N–H and O–H groups in total. The van der Waals surface area contributed by atoms with Gasteiger partial charge in [-0.05, 0) is 29.8 Å². The summed E-state index contributed by atoms with van der Waals surface area (Å²) in [6, 6.07) is 13.2. The Labute approximate surface area is 214 Å². The van der Waals surface area contributed by atoms with Gasteiger partial charge in [-0.3, -0.25) is 25.7 Å². The van der Waals surface area contributed by atoms with Crippen LogP contribution in [0.25, 0.3) is 0 Å². The Morgan fingerprint density at radius 1 is 1.05 bits per heavy atom. The van der Waals surface area contributed by atoms with Crippen molar-refractivity contribution in [3.05, 3.63) is 96.5 Å². The summed E-state index contributed by atoms with van der Waals surface area (Å²) in [5.41, 5.74) is 3.39. The number of hydrogen-bond acceptors (Lipinski definition) is 10. The number of hydrazone groups is 1. The number of rotatable bonds is 9. The van der Waals surface area contributed by atoms with Gasteiger partial charge in [0.1, 0.15) is 17.4 Å². The van der Waals surface area contributed by atoms with E-state index in [1.807, 2.05) is 0 Å². The molecule has 0 aliphatic carbocycles. The molecule has 37 heavy (non-hydrogen) atoms. The van der Waals surface area contributed by atoms with Crippen LogP contribution >= 0.6 is 11.6 Å². The highest BCUT2D eigenvalue weighted by Gasteiger charge is 2.36. The maximum atomic E-state index is 12.7. The quantitative estimate of drug-likeness (QED) is 0.169. The molecule has 0 saturated heterocycles. The Bertz CT molecular complexity index is 1420. The van der Waals surface area contributed by atoms with Gasteiger partial charge in [-0.2, -0.15) is 5.10 Å². The lowest BCUT2D eigenvalue weighted by atomic mass is 9.97. The molecule has 0 fully saturated rings. The van der Waals surface area contributed by atoms with E-state index in [2.05, 4.69) is 10.5 Å². The molecule has 1 unspecified atom stereocenters. The van der Waals surface area contributed by atoms with Crippen molar-refractivity contribution in [2.45, 2.75) is 12.5 Å². The fourth-order valence-corrected chi connectivity index (χ4v) is 4.00. The van der Waals surface area contributed by atoms with E-state index in [-0.39, 0.29) is 23.4 Å². The van der Waals surface area contributed by atoms with Crippen molar-refractivity contribution in [2.24, 2.45) is 5.10 Å². The van der Waals surface area contributed by atoms with E-state index in [1.165, 1.54) is 20.3 Å². The number of ether oxygens (including phenoxy) is 3. The lowest BCUT2D eigenvalue weighted by Crippen LogP contribution is -2.11. The number of halogens is 1. The number of nitrogens with zero attached hydrogens (tertiary/aromatic N) is 3. The summed E-state index contributed by atoms with van der Waals surface area (Å²) >= 11 is 6.02. The number of nitro benzene ring substituents is 2. The molecule has 13 heteroatoms. The average Bonchev–Trinajstić information content (AvgIpc) is 3.21. The highest BCUT2D eigenvalue weighted by molar-refractivity contribution is 6.30. The van der Waals surface area contributed by atoms with Gasteiger partial charge in [-0.15, -0.1) is 0 Å². The number of methoxy groups -OCH3 is 2. The van der Waals surface area contributed by atoms with Gasteiger partial charge in [0, 0.05) is 23.1 Å². The van der Waals surface area contributed by atoms with Gasteiger partial charge in [-0.1, -0.05) is 29.8 Å². The number of esters is 1. The van der Waals surface area contributed by atoms with E-state index in [9.17, 15) is 25.0 Å². The lowest BCUT2D eigenvalue weighted by Gasteiger charge is -2.15. The van der Waals surface area contributed by atoms with Crippen LogP contribution in [0, 0.1) is 20.2 Å². The van der Waals surface area contributed by atoms with Crippen molar-refractivity contribution in [1.29, 1.82) is 0 Å². The molecule has 1 aliphatic rings. The summed E-state index contributed by atoms with van der Waals surface area (Å²) in [7, 11) is 2.87. The van der Waals surface area contributed by atoms with E-state index < -0.39 is 33.3 Å². The Hall–Kier alpha value is -4.71. The summed E-state index contributed by atoms with van der Waals surface area (Å²) in [4.78, 5) is 33.8. The van der Waals surface area contributed by atoms with E-state index in [1.54, 1.807) is 36.4 Å². The Morgan fingerprint density at radius 2 is 1.78 bits per heavy atom. The van der Waals surface area contributed by atoms with Crippen LogP contribution in [0.15, 0.2) is 59.7 Å². The fourth-order valence-electron chi connectivity index (χ4n) is 3.88. The second kappa shape index (κ2) is 10.5. The van der Waals surface area contributed by atoms with Crippen molar-refractivity contribution in [3.63, 3.8) is 0 Å². The van der Waals surface area contributed by atoms with Crippen LogP contribution in [-0.2, 0) is 4.74 Å². The number of carbonyl (C=O) groups is 1. The Balaban J connectivity index is 1.73. The third-order valence-electron chi connectivity index (χ3n) is 5.63. The molecule has 12 nitrogen and oxygen atoms in total. The van der Waals surface area contributed by atoms with Crippen LogP contribution in [0.1, 0.15) is 34.0 Å². The molecular formula is C24H19ClN4O8. The average molecular weight is 527 g/mol. The van der Waals surface area contributed by atoms with Crippen molar-refractivity contribution in [3.8, 4) is 11.5 Å². The second-order valence-corrected chi connectivity index (χ2v) is 8.19. The van der Waals surface area contributed by atoms with E-state index in [0.29, 0.717) is 27.6 Å². The predicted octanol–water partition coefficient (Wildman–Crippen LogP) is 5.29. The van der Waals surface area contributed by atoms with Crippen molar-refractivity contribution in [1.82, 2.24) is 0 Å². The highest BCUT2D eigenvalue weighted by Crippen LogP contribution is 2.43. The summed E-state index contributed by atoms with van der Waals surface area (Å²) in [5.74, 6) is 0.0277. The molecule has 1 atom stereocenters. The van der Waals surface area contributed by atoms with Crippen LogP contribution in [0.4, 0.5) is 17.1 Å². The summed E-state index contributed by atoms with van der Waals surface area (Å²) in [6.07, 6.45) is -0.658. The molecule has 190 valence electrons. The number of cyclic esters (lactones) is 1. The zero-order valence-corrected chi connectivity index (χ0v) is 20.2. The van der Waals surface area contributed by atoms with Crippen molar-refractivity contribution >= 4 is 40.3 Å². The summed E-state index contributed by atoms with van der Waals surface area (Å²) in [5, 5.41) is 27.4. The molecule has 0 aromatic heterocycles. The predicted molar refractivity (Wildman–Crippen MR) is 134 cm³/mol. The van der Waals surface area contributed by atoms with Crippen LogP contribution in [0.3, 0.4) is 0 Å². The number of benzene rings is 3. The number of hydrogen-bond donors (Lipinski definition) is 1. The van der Waals surface area contributed by atoms with Crippen LogP contribution in [0.5, 0.6) is 11.5 Å². The van der Waals surface area contributed by atoms with Gasteiger partial charge in [0.2, 0.25) is 0 Å². The first kappa shape index (κ1) is 25.4. The van der Waals surface area contributed by atoms with Gasteiger partial charge in [-0.25, -0.2) is 4.79 Å². The van der Waals surface area contributed by atoms with Crippen LogP contribution in [-0.4, -0.2) is 35.7 Å². The number of nitro groups is 2. The third-order valence-corrected chi connectivity index (χ3v) is 5.89. The number of anilines is 1. The first-order valence-corrected chi connectivity index (χ1v) is 11.1. The van der Waals surface area contributed by atoms with Gasteiger partial charge in [0.25, 0.3) is 5.69 Å². The minimum Gasteiger partial charge on any atom is -0.493 e.